The normalized spacial score (nSPS) is 13.3. The maximum Gasteiger partial charge on any atom is 0.327 e. The van der Waals surface area contributed by atoms with E-state index in [4.69, 9.17) is 5.11 Å². The molecule has 0 fully saturated rings. The highest BCUT2D eigenvalue weighted by atomic mass is 33.1. The van der Waals surface area contributed by atoms with Crippen molar-refractivity contribution in [2.75, 3.05) is 12.0 Å². The summed E-state index contributed by atoms with van der Waals surface area (Å²) in [5, 5.41) is 10.7. The van der Waals surface area contributed by atoms with Crippen LogP contribution in [0, 0.1) is 0 Å². The molecule has 0 aliphatic rings. The third-order valence-electron chi connectivity index (χ3n) is 1.12. The van der Waals surface area contributed by atoms with Crippen LogP contribution in [0.3, 0.4) is 0 Å². The van der Waals surface area contributed by atoms with Crippen molar-refractivity contribution in [2.24, 2.45) is 0 Å². The number of aliphatic carboxylic acids is 1. The van der Waals surface area contributed by atoms with Crippen molar-refractivity contribution in [1.29, 1.82) is 0 Å². The van der Waals surface area contributed by atoms with Gasteiger partial charge in [0.1, 0.15) is 6.04 Å². The minimum absolute atomic E-state index is 0.201. The van der Waals surface area contributed by atoms with Gasteiger partial charge >= 0.3 is 5.97 Å². The summed E-state index contributed by atoms with van der Waals surface area (Å²) in [6.45, 7) is 1.17. The van der Waals surface area contributed by atoms with Crippen LogP contribution in [-0.4, -0.2) is 43.5 Å². The maximum atomic E-state index is 10.7. The Labute approximate surface area is 85.4 Å². The van der Waals surface area contributed by atoms with Crippen molar-refractivity contribution in [2.45, 2.75) is 13.0 Å². The molecule has 14 heavy (non-hydrogen) atoms. The Morgan fingerprint density at radius 1 is 1.50 bits per heavy atom. The van der Waals surface area contributed by atoms with Gasteiger partial charge in [0, 0.05) is 18.9 Å². The summed E-state index contributed by atoms with van der Waals surface area (Å²) in [5.74, 6) is -1.96. The van der Waals surface area contributed by atoms with E-state index in [2.05, 4.69) is 5.32 Å². The van der Waals surface area contributed by atoms with Gasteiger partial charge in [0.2, 0.25) is 5.91 Å². The molecule has 2 N–H and O–H groups in total. The van der Waals surface area contributed by atoms with Crippen molar-refractivity contribution in [3.05, 3.63) is 0 Å². The summed E-state index contributed by atoms with van der Waals surface area (Å²) >= 11 is 0. The molecule has 0 radical (unpaired) electrons. The number of amides is 1. The maximum absolute atomic E-state index is 10.7. The lowest BCUT2D eigenvalue weighted by Crippen LogP contribution is -2.41. The van der Waals surface area contributed by atoms with Crippen LogP contribution in [0.5, 0.6) is 0 Å². The molecule has 6 nitrogen and oxygen atoms in total. The molecule has 0 heterocycles. The van der Waals surface area contributed by atoms with Crippen LogP contribution in [0.25, 0.3) is 0 Å². The molecule has 0 aliphatic carbocycles. The van der Waals surface area contributed by atoms with Gasteiger partial charge in [-0.2, -0.15) is 0 Å². The Bertz CT molecular complexity index is 323. The molecule has 0 spiro atoms. The highest BCUT2D eigenvalue weighted by molar-refractivity contribution is 8.71. The number of carbonyl (C=O) groups is 2. The number of carboxylic acids is 1. The van der Waals surface area contributed by atoms with Crippen LogP contribution >= 0.6 is 10.8 Å². The van der Waals surface area contributed by atoms with Crippen molar-refractivity contribution in [3.63, 3.8) is 0 Å². The zero-order valence-electron chi connectivity index (χ0n) is 7.68. The summed E-state index contributed by atoms with van der Waals surface area (Å²) in [6, 6.07) is -1.17. The molecule has 1 amide bonds. The molecule has 82 valence electrons. The second kappa shape index (κ2) is 5.20. The SMILES string of the molecule is CC(=O)N[C@@H](CSS(C)(=O)=O)C(=O)O. The minimum atomic E-state index is -3.29. The van der Waals surface area contributed by atoms with Crippen molar-refractivity contribution in [1.82, 2.24) is 5.32 Å². The van der Waals surface area contributed by atoms with Crippen LogP contribution in [0.4, 0.5) is 0 Å². The predicted molar refractivity (Wildman–Crippen MR) is 52.5 cm³/mol. The molecule has 0 saturated carbocycles. The Morgan fingerprint density at radius 2 is 2.00 bits per heavy atom. The first-order valence-electron chi connectivity index (χ1n) is 3.56. The molecule has 1 atom stereocenters. The number of hydrogen-bond donors (Lipinski definition) is 2. The number of hydrogen-bond acceptors (Lipinski definition) is 5. The second-order valence-electron chi connectivity index (χ2n) is 2.58. The fraction of sp³-hybridized carbons (Fsp3) is 0.667. The average Bonchev–Trinajstić information content (AvgIpc) is 1.94. The van der Waals surface area contributed by atoms with Crippen molar-refractivity contribution >= 4 is 31.5 Å². The van der Waals surface area contributed by atoms with Gasteiger partial charge in [-0.25, -0.2) is 13.2 Å². The second-order valence-corrected chi connectivity index (χ2v) is 7.08. The minimum Gasteiger partial charge on any atom is -0.480 e. The van der Waals surface area contributed by atoms with Gasteiger partial charge in [0.25, 0.3) is 0 Å². The molecule has 0 unspecified atom stereocenters. The standard InChI is InChI=1S/C6H11NO5S2/c1-4(8)7-5(6(9)10)3-13-14(2,11)12/h5H,3H2,1-2H3,(H,7,8)(H,9,10)/t5-/m0/s1. The van der Waals surface area contributed by atoms with Gasteiger partial charge in [-0.1, -0.05) is 0 Å². The summed E-state index contributed by atoms with van der Waals surface area (Å²) in [4.78, 5) is 21.1. The van der Waals surface area contributed by atoms with Gasteiger partial charge in [-0.15, -0.1) is 0 Å². The molecule has 0 rings (SSSR count). The van der Waals surface area contributed by atoms with E-state index in [0.717, 1.165) is 6.26 Å². The highest BCUT2D eigenvalue weighted by Crippen LogP contribution is 2.11. The zero-order chi connectivity index (χ0) is 11.4. The third kappa shape index (κ3) is 6.72. The Kier molecular flexibility index (Phi) is 4.92. The van der Waals surface area contributed by atoms with Crippen LogP contribution < -0.4 is 5.32 Å². The largest absolute Gasteiger partial charge is 0.480 e. The van der Waals surface area contributed by atoms with E-state index in [1.807, 2.05) is 0 Å². The van der Waals surface area contributed by atoms with Crippen molar-refractivity contribution < 1.29 is 23.1 Å². The molecule has 8 heteroatoms. The summed E-state index contributed by atoms with van der Waals surface area (Å²) in [7, 11) is -2.80. The Balaban J connectivity index is 4.25. The molecule has 0 saturated heterocycles. The van der Waals surface area contributed by atoms with Crippen molar-refractivity contribution in [3.8, 4) is 0 Å². The summed E-state index contributed by atoms with van der Waals surface area (Å²) < 4.78 is 21.4. The smallest absolute Gasteiger partial charge is 0.327 e. The fourth-order valence-electron chi connectivity index (χ4n) is 0.612. The van der Waals surface area contributed by atoms with Crippen LogP contribution in [0.2, 0.25) is 0 Å². The molecule has 0 bridgehead atoms. The fourth-order valence-corrected chi connectivity index (χ4v) is 2.37. The van der Waals surface area contributed by atoms with E-state index in [1.54, 1.807) is 0 Å². The number of carboxylic acid groups (broad SMARTS) is 1. The quantitative estimate of drug-likeness (QED) is 0.615. The zero-order valence-corrected chi connectivity index (χ0v) is 9.31. The lowest BCUT2D eigenvalue weighted by atomic mass is 10.3. The number of nitrogens with one attached hydrogen (secondary N) is 1. The van der Waals surface area contributed by atoms with E-state index in [-0.39, 0.29) is 5.75 Å². The van der Waals surface area contributed by atoms with E-state index in [9.17, 15) is 18.0 Å². The Morgan fingerprint density at radius 3 is 2.29 bits per heavy atom. The lowest BCUT2D eigenvalue weighted by molar-refractivity contribution is -0.140. The monoisotopic (exact) mass is 241 g/mol. The van der Waals surface area contributed by atoms with Crippen LogP contribution in [-0.2, 0) is 18.5 Å². The first-order chi connectivity index (χ1) is 6.22. The number of rotatable bonds is 5. The van der Waals surface area contributed by atoms with E-state index >= 15 is 0 Å². The van der Waals surface area contributed by atoms with E-state index in [0.29, 0.717) is 10.8 Å². The van der Waals surface area contributed by atoms with Gasteiger partial charge < -0.3 is 10.4 Å². The van der Waals surface area contributed by atoms with Gasteiger partial charge in [-0.3, -0.25) is 4.79 Å². The summed E-state index contributed by atoms with van der Waals surface area (Å²) in [5.41, 5.74) is 0. The predicted octanol–water partition coefficient (Wildman–Crippen LogP) is -0.731. The first-order valence-corrected chi connectivity index (χ1v) is 6.96. The Hall–Kier alpha value is -0.760. The number of carbonyl (C=O) groups excluding carboxylic acids is 1. The lowest BCUT2D eigenvalue weighted by Gasteiger charge is -2.11. The molecule has 0 aliphatic heterocycles. The first kappa shape index (κ1) is 13.2. The van der Waals surface area contributed by atoms with E-state index < -0.39 is 26.8 Å². The molecular formula is C6H11NO5S2. The van der Waals surface area contributed by atoms with Gasteiger partial charge in [0.15, 0.2) is 8.87 Å². The molecule has 0 aromatic carbocycles. The topological polar surface area (TPSA) is 101 Å². The molecule has 0 aromatic heterocycles. The highest BCUT2D eigenvalue weighted by Gasteiger charge is 2.20. The molecular weight excluding hydrogens is 230 g/mol. The third-order valence-corrected chi connectivity index (χ3v) is 3.71. The average molecular weight is 241 g/mol. The van der Waals surface area contributed by atoms with Gasteiger partial charge in [-0.05, 0) is 10.8 Å². The van der Waals surface area contributed by atoms with Crippen LogP contribution in [0.15, 0.2) is 0 Å². The van der Waals surface area contributed by atoms with E-state index in [1.165, 1.54) is 6.92 Å². The van der Waals surface area contributed by atoms with Gasteiger partial charge in [0.05, 0.1) is 0 Å². The van der Waals surface area contributed by atoms with Crippen LogP contribution in [0.1, 0.15) is 6.92 Å². The summed E-state index contributed by atoms with van der Waals surface area (Å²) in [6.07, 6.45) is 0.977. The molecule has 0 aromatic rings.